The van der Waals surface area contributed by atoms with E-state index in [4.69, 9.17) is 5.73 Å². The highest BCUT2D eigenvalue weighted by atomic mass is 35.5. The van der Waals surface area contributed by atoms with Crippen LogP contribution in [0.2, 0.25) is 0 Å². The Kier molecular flexibility index (Phi) is 6.06. The highest BCUT2D eigenvalue weighted by Crippen LogP contribution is 2.37. The van der Waals surface area contributed by atoms with Gasteiger partial charge in [-0.05, 0) is 36.6 Å². The molecule has 142 valence electrons. The van der Waals surface area contributed by atoms with Gasteiger partial charge in [0.05, 0.1) is 11.1 Å². The van der Waals surface area contributed by atoms with Gasteiger partial charge >= 0.3 is 12.4 Å². The van der Waals surface area contributed by atoms with Gasteiger partial charge in [0.15, 0.2) is 0 Å². The van der Waals surface area contributed by atoms with Gasteiger partial charge in [-0.15, -0.1) is 12.4 Å². The third-order valence-corrected chi connectivity index (χ3v) is 4.17. The number of rotatable bonds is 2. The van der Waals surface area contributed by atoms with Gasteiger partial charge in [0.2, 0.25) is 0 Å². The molecule has 2 N–H and O–H groups in total. The van der Waals surface area contributed by atoms with Crippen molar-refractivity contribution in [1.82, 2.24) is 4.90 Å². The first kappa shape index (κ1) is 21.6. The Balaban J connectivity index is 0.00000312. The average molecular weight is 391 g/mol. The number of carbonyl (C=O) groups is 1. The summed E-state index contributed by atoms with van der Waals surface area (Å²) in [6.07, 6.45) is -9.42. The summed E-state index contributed by atoms with van der Waals surface area (Å²) in [5.41, 5.74) is 1.59. The van der Waals surface area contributed by atoms with Crippen LogP contribution in [0, 0.1) is 5.41 Å². The molecule has 0 aliphatic carbocycles. The molecule has 1 saturated heterocycles. The largest absolute Gasteiger partial charge is 0.416 e. The summed E-state index contributed by atoms with van der Waals surface area (Å²) in [5.74, 6) is -0.858. The van der Waals surface area contributed by atoms with Crippen LogP contribution < -0.4 is 5.73 Å². The van der Waals surface area contributed by atoms with Gasteiger partial charge in [-0.2, -0.15) is 26.3 Å². The highest BCUT2D eigenvalue weighted by molar-refractivity contribution is 5.95. The van der Waals surface area contributed by atoms with Crippen LogP contribution in [0.3, 0.4) is 0 Å². The van der Waals surface area contributed by atoms with Crippen molar-refractivity contribution >= 4 is 18.3 Å². The molecule has 0 radical (unpaired) electrons. The molecule has 2 rings (SSSR count). The van der Waals surface area contributed by atoms with Crippen molar-refractivity contribution in [2.45, 2.75) is 25.7 Å². The van der Waals surface area contributed by atoms with E-state index in [9.17, 15) is 31.1 Å². The van der Waals surface area contributed by atoms with Crippen molar-refractivity contribution in [3.63, 3.8) is 0 Å². The molecule has 3 nitrogen and oxygen atoms in total. The Morgan fingerprint density at radius 3 is 1.96 bits per heavy atom. The van der Waals surface area contributed by atoms with Crippen molar-refractivity contribution in [2.24, 2.45) is 11.1 Å². The van der Waals surface area contributed by atoms with Crippen LogP contribution in [0.4, 0.5) is 26.3 Å². The van der Waals surface area contributed by atoms with Crippen LogP contribution in [-0.4, -0.2) is 30.4 Å². The molecule has 1 aliphatic heterocycles. The van der Waals surface area contributed by atoms with Crippen LogP contribution >= 0.6 is 12.4 Å². The van der Waals surface area contributed by atoms with E-state index < -0.39 is 35.0 Å². The minimum absolute atomic E-state index is 0. The number of likely N-dealkylation sites (tertiary alicyclic amines) is 1. The van der Waals surface area contributed by atoms with Crippen molar-refractivity contribution in [3.8, 4) is 0 Å². The third kappa shape index (κ3) is 4.78. The van der Waals surface area contributed by atoms with Crippen LogP contribution in [0.1, 0.15) is 34.8 Å². The van der Waals surface area contributed by atoms with E-state index in [0.29, 0.717) is 18.6 Å². The van der Waals surface area contributed by atoms with Crippen molar-refractivity contribution in [3.05, 3.63) is 34.9 Å². The molecule has 0 spiro atoms. The van der Waals surface area contributed by atoms with Crippen LogP contribution in [0.25, 0.3) is 0 Å². The molecule has 1 fully saturated rings. The van der Waals surface area contributed by atoms with Crippen LogP contribution in [0.15, 0.2) is 18.2 Å². The number of amides is 1. The fourth-order valence-electron chi connectivity index (χ4n) is 2.62. The summed E-state index contributed by atoms with van der Waals surface area (Å²) in [4.78, 5) is 13.6. The van der Waals surface area contributed by atoms with Crippen molar-refractivity contribution in [1.29, 1.82) is 0 Å². The minimum atomic E-state index is -4.98. The van der Waals surface area contributed by atoms with Gasteiger partial charge in [-0.3, -0.25) is 4.79 Å². The molecule has 1 aromatic rings. The third-order valence-electron chi connectivity index (χ3n) is 4.17. The van der Waals surface area contributed by atoms with Gasteiger partial charge in [0.25, 0.3) is 5.91 Å². The smallest absolute Gasteiger partial charge is 0.338 e. The van der Waals surface area contributed by atoms with Crippen LogP contribution in [0.5, 0.6) is 0 Å². The average Bonchev–Trinajstić information content (AvgIpc) is 2.87. The Bertz CT molecular complexity index is 614. The molecule has 1 heterocycles. The standard InChI is InChI=1S/C15H16F6N2O.ClH/c1-13(7-22)2-3-23(8-13)12(24)9-4-10(14(16,17)18)6-11(5-9)15(19,20)21;/h4-6H,2-3,7-8,22H2,1H3;1H. The number of halogens is 7. The van der Waals surface area contributed by atoms with E-state index in [-0.39, 0.29) is 43.5 Å². The molecule has 0 bridgehead atoms. The lowest BCUT2D eigenvalue weighted by atomic mass is 9.90. The van der Waals surface area contributed by atoms with Crippen LogP contribution in [-0.2, 0) is 12.4 Å². The molecule has 0 saturated carbocycles. The fourth-order valence-corrected chi connectivity index (χ4v) is 2.62. The number of nitrogens with two attached hydrogens (primary N) is 1. The predicted octanol–water partition coefficient (Wildman–Crippen LogP) is 3.96. The van der Waals surface area contributed by atoms with Gasteiger partial charge in [-0.1, -0.05) is 6.92 Å². The second-order valence-electron chi connectivity index (χ2n) is 6.29. The topological polar surface area (TPSA) is 46.3 Å². The molecular weight excluding hydrogens is 374 g/mol. The first-order valence-corrected chi connectivity index (χ1v) is 7.15. The lowest BCUT2D eigenvalue weighted by Gasteiger charge is -2.23. The Labute approximate surface area is 146 Å². The van der Waals surface area contributed by atoms with Crippen molar-refractivity contribution < 1.29 is 31.1 Å². The molecule has 25 heavy (non-hydrogen) atoms. The summed E-state index contributed by atoms with van der Waals surface area (Å²) < 4.78 is 77.1. The molecule has 1 unspecified atom stereocenters. The van der Waals surface area contributed by atoms with Gasteiger partial charge in [0.1, 0.15) is 0 Å². The maximum Gasteiger partial charge on any atom is 0.416 e. The summed E-state index contributed by atoms with van der Waals surface area (Å²) in [6, 6.07) is 0.913. The van der Waals surface area contributed by atoms with E-state index >= 15 is 0 Å². The quantitative estimate of drug-likeness (QED) is 0.777. The second kappa shape index (κ2) is 7.03. The molecule has 1 atom stereocenters. The number of alkyl halides is 6. The molecule has 0 aromatic heterocycles. The highest BCUT2D eigenvalue weighted by Gasteiger charge is 2.39. The first-order chi connectivity index (χ1) is 10.9. The van der Waals surface area contributed by atoms with E-state index in [1.165, 1.54) is 4.90 Å². The lowest BCUT2D eigenvalue weighted by Crippen LogP contribution is -2.34. The lowest BCUT2D eigenvalue weighted by molar-refractivity contribution is -0.143. The summed E-state index contributed by atoms with van der Waals surface area (Å²) in [7, 11) is 0. The predicted molar refractivity (Wildman–Crippen MR) is 81.4 cm³/mol. The van der Waals surface area contributed by atoms with Crippen molar-refractivity contribution in [2.75, 3.05) is 19.6 Å². The monoisotopic (exact) mass is 390 g/mol. The van der Waals surface area contributed by atoms with E-state index in [1.807, 2.05) is 6.92 Å². The van der Waals surface area contributed by atoms with Gasteiger partial charge in [0, 0.05) is 18.7 Å². The molecule has 1 aromatic carbocycles. The van der Waals surface area contributed by atoms with E-state index in [2.05, 4.69) is 0 Å². The summed E-state index contributed by atoms with van der Waals surface area (Å²) in [5, 5.41) is 0. The summed E-state index contributed by atoms with van der Waals surface area (Å²) in [6.45, 7) is 2.52. The van der Waals surface area contributed by atoms with E-state index in [0.717, 1.165) is 0 Å². The molecule has 1 amide bonds. The first-order valence-electron chi connectivity index (χ1n) is 7.15. The molecular formula is C15H17ClF6N2O. The number of benzene rings is 1. The number of nitrogens with zero attached hydrogens (tertiary/aromatic N) is 1. The zero-order valence-electron chi connectivity index (χ0n) is 13.2. The maximum atomic E-state index is 12.8. The molecule has 10 heteroatoms. The number of hydrogen-bond donors (Lipinski definition) is 1. The fraction of sp³-hybridized carbons (Fsp3) is 0.533. The zero-order valence-corrected chi connectivity index (χ0v) is 14.0. The normalized spacial score (nSPS) is 21.2. The Morgan fingerprint density at radius 2 is 1.60 bits per heavy atom. The summed E-state index contributed by atoms with van der Waals surface area (Å²) >= 11 is 0. The van der Waals surface area contributed by atoms with E-state index in [1.54, 1.807) is 0 Å². The van der Waals surface area contributed by atoms with Gasteiger partial charge < -0.3 is 10.6 Å². The molecule has 1 aliphatic rings. The zero-order chi connectivity index (χ0) is 18.3. The number of hydrogen-bond acceptors (Lipinski definition) is 2. The maximum absolute atomic E-state index is 12.8. The van der Waals surface area contributed by atoms with Gasteiger partial charge in [-0.25, -0.2) is 0 Å². The minimum Gasteiger partial charge on any atom is -0.338 e. The second-order valence-corrected chi connectivity index (χ2v) is 6.29. The Morgan fingerprint density at radius 1 is 1.12 bits per heavy atom. The number of carbonyl (C=O) groups excluding carboxylic acids is 1. The Hall–Kier alpha value is -1.48. The SMILES string of the molecule is CC1(CN)CCN(C(=O)c2cc(C(F)(F)F)cc(C(F)(F)F)c2)C1.Cl.